The highest BCUT2D eigenvalue weighted by atomic mass is 15.3. The molecule has 14 heavy (non-hydrogen) atoms. The number of nitrogens with two attached hydrogens (primary N) is 1. The topological polar surface area (TPSA) is 80.5 Å². The van der Waals surface area contributed by atoms with Crippen LogP contribution in [0.3, 0.4) is 0 Å². The zero-order chi connectivity index (χ0) is 9.80. The zero-order valence-corrected chi connectivity index (χ0v) is 7.59. The molecule has 0 aliphatic carbocycles. The Labute approximate surface area is 81.4 Å². The van der Waals surface area contributed by atoms with E-state index >= 15 is 0 Å². The number of hydrogen-bond acceptors (Lipinski definition) is 4. The quantitative estimate of drug-likeness (QED) is 0.734. The Bertz CT molecular complexity index is 369. The van der Waals surface area contributed by atoms with E-state index in [-0.39, 0.29) is 6.04 Å². The van der Waals surface area contributed by atoms with Crippen molar-refractivity contribution in [3.8, 4) is 0 Å². The van der Waals surface area contributed by atoms with Crippen molar-refractivity contribution in [2.75, 3.05) is 0 Å². The monoisotopic (exact) mass is 189 g/mol. The van der Waals surface area contributed by atoms with Crippen molar-refractivity contribution in [1.82, 2.24) is 20.4 Å². The molecule has 5 nitrogen and oxygen atoms in total. The Morgan fingerprint density at radius 1 is 1.43 bits per heavy atom. The van der Waals surface area contributed by atoms with Gasteiger partial charge < -0.3 is 5.73 Å². The highest BCUT2D eigenvalue weighted by molar-refractivity contribution is 5.13. The number of nitrogens with zero attached hydrogens (tertiary/aromatic N) is 3. The summed E-state index contributed by atoms with van der Waals surface area (Å²) in [5, 5.41) is 10.2. The van der Waals surface area contributed by atoms with Crippen LogP contribution in [0.4, 0.5) is 0 Å². The average Bonchev–Trinajstić information content (AvgIpc) is 2.72. The molecule has 3 N–H and O–H groups in total. The number of pyridine rings is 1. The molecule has 0 radical (unpaired) electrons. The second-order valence-corrected chi connectivity index (χ2v) is 3.07. The van der Waals surface area contributed by atoms with Gasteiger partial charge in [0.25, 0.3) is 0 Å². The van der Waals surface area contributed by atoms with Gasteiger partial charge in [0.1, 0.15) is 0 Å². The third-order valence-corrected chi connectivity index (χ3v) is 1.99. The molecule has 0 fully saturated rings. The molecule has 0 spiro atoms. The van der Waals surface area contributed by atoms with Crippen LogP contribution >= 0.6 is 0 Å². The predicted octanol–water partition coefficient (Wildman–Crippen LogP) is 0.442. The highest BCUT2D eigenvalue weighted by Crippen LogP contribution is 2.11. The molecule has 0 saturated heterocycles. The summed E-state index contributed by atoms with van der Waals surface area (Å²) in [6, 6.07) is 3.76. The highest BCUT2D eigenvalue weighted by Gasteiger charge is 2.09. The number of aromatic amines is 1. The van der Waals surface area contributed by atoms with Crippen LogP contribution in [0.15, 0.2) is 30.7 Å². The molecule has 2 aromatic rings. The molecular weight excluding hydrogens is 178 g/mol. The van der Waals surface area contributed by atoms with Crippen LogP contribution in [0.25, 0.3) is 0 Å². The molecule has 1 atom stereocenters. The van der Waals surface area contributed by atoms with E-state index in [4.69, 9.17) is 5.73 Å². The third-order valence-electron chi connectivity index (χ3n) is 1.99. The van der Waals surface area contributed by atoms with Gasteiger partial charge in [-0.25, -0.2) is 0 Å². The summed E-state index contributed by atoms with van der Waals surface area (Å²) in [5.41, 5.74) is 7.79. The molecule has 2 rings (SSSR count). The smallest absolute Gasteiger partial charge is 0.0995 e. The van der Waals surface area contributed by atoms with E-state index < -0.39 is 0 Å². The summed E-state index contributed by atoms with van der Waals surface area (Å²) in [6.07, 6.45) is 5.91. The van der Waals surface area contributed by atoms with E-state index in [9.17, 15) is 0 Å². The van der Waals surface area contributed by atoms with Crippen LogP contribution in [0.5, 0.6) is 0 Å². The van der Waals surface area contributed by atoms with Crippen LogP contribution in [0.2, 0.25) is 0 Å². The van der Waals surface area contributed by atoms with Gasteiger partial charge in [0.05, 0.1) is 17.9 Å². The van der Waals surface area contributed by atoms with E-state index in [0.717, 1.165) is 17.7 Å². The van der Waals surface area contributed by atoms with E-state index in [2.05, 4.69) is 20.4 Å². The lowest BCUT2D eigenvalue weighted by Crippen LogP contribution is -2.13. The molecule has 0 bridgehead atoms. The predicted molar refractivity (Wildman–Crippen MR) is 51.3 cm³/mol. The van der Waals surface area contributed by atoms with Gasteiger partial charge in [-0.15, -0.1) is 0 Å². The zero-order valence-electron chi connectivity index (χ0n) is 7.59. The maximum absolute atomic E-state index is 5.92. The Kier molecular flexibility index (Phi) is 2.51. The van der Waals surface area contributed by atoms with E-state index in [1.54, 1.807) is 18.6 Å². The molecule has 0 aromatic carbocycles. The first-order valence-electron chi connectivity index (χ1n) is 4.36. The Morgan fingerprint density at radius 2 is 2.36 bits per heavy atom. The number of H-pyrrole nitrogens is 1. The minimum atomic E-state index is -0.127. The lowest BCUT2D eigenvalue weighted by molar-refractivity contribution is 0.689. The Morgan fingerprint density at radius 3 is 3.00 bits per heavy atom. The summed E-state index contributed by atoms with van der Waals surface area (Å²) in [5.74, 6) is 0. The van der Waals surface area contributed by atoms with Crippen molar-refractivity contribution in [3.63, 3.8) is 0 Å². The van der Waals surface area contributed by atoms with Crippen molar-refractivity contribution in [2.24, 2.45) is 5.73 Å². The van der Waals surface area contributed by atoms with Crippen LogP contribution in [-0.2, 0) is 6.42 Å². The number of hydrogen-bond donors (Lipinski definition) is 2. The first-order chi connectivity index (χ1) is 6.86. The lowest BCUT2D eigenvalue weighted by atomic mass is 10.1. The van der Waals surface area contributed by atoms with Gasteiger partial charge in [-0.05, 0) is 18.1 Å². The molecule has 2 heterocycles. The fraction of sp³-hybridized carbons (Fsp3) is 0.222. The number of nitrogens with one attached hydrogen (secondary N) is 1. The normalized spacial score (nSPS) is 12.6. The molecule has 0 aliphatic heterocycles. The molecule has 2 aromatic heterocycles. The summed E-state index contributed by atoms with van der Waals surface area (Å²) < 4.78 is 0. The van der Waals surface area contributed by atoms with Gasteiger partial charge in [0, 0.05) is 12.4 Å². The van der Waals surface area contributed by atoms with E-state index in [0.29, 0.717) is 0 Å². The van der Waals surface area contributed by atoms with Gasteiger partial charge in [-0.3, -0.25) is 4.98 Å². The van der Waals surface area contributed by atoms with Crippen molar-refractivity contribution in [3.05, 3.63) is 42.0 Å². The molecule has 1 unspecified atom stereocenters. The van der Waals surface area contributed by atoms with Crippen molar-refractivity contribution < 1.29 is 0 Å². The number of aromatic nitrogens is 4. The summed E-state index contributed by atoms with van der Waals surface area (Å²) in [7, 11) is 0. The fourth-order valence-corrected chi connectivity index (χ4v) is 1.27. The Balaban J connectivity index is 2.06. The van der Waals surface area contributed by atoms with Gasteiger partial charge in [-0.1, -0.05) is 6.07 Å². The van der Waals surface area contributed by atoms with Gasteiger partial charge in [-0.2, -0.15) is 15.4 Å². The van der Waals surface area contributed by atoms with Gasteiger partial charge in [0.2, 0.25) is 0 Å². The first kappa shape index (κ1) is 8.83. The van der Waals surface area contributed by atoms with Crippen molar-refractivity contribution in [2.45, 2.75) is 12.5 Å². The van der Waals surface area contributed by atoms with E-state index in [1.807, 2.05) is 12.1 Å². The molecule has 5 heteroatoms. The molecular formula is C9H11N5. The van der Waals surface area contributed by atoms with Crippen LogP contribution in [-0.4, -0.2) is 20.4 Å². The second kappa shape index (κ2) is 3.97. The molecule has 0 aliphatic rings. The minimum absolute atomic E-state index is 0.127. The molecule has 0 saturated carbocycles. The van der Waals surface area contributed by atoms with Crippen molar-refractivity contribution >= 4 is 0 Å². The largest absolute Gasteiger partial charge is 0.322 e. The fourth-order valence-electron chi connectivity index (χ4n) is 1.27. The maximum Gasteiger partial charge on any atom is 0.0995 e. The number of rotatable bonds is 3. The molecule has 72 valence electrons. The SMILES string of the molecule is NC(Cc1cccnc1)c1cn[nH]n1. The van der Waals surface area contributed by atoms with Crippen LogP contribution < -0.4 is 5.73 Å². The maximum atomic E-state index is 5.92. The molecule has 0 amide bonds. The lowest BCUT2D eigenvalue weighted by Gasteiger charge is -2.06. The minimum Gasteiger partial charge on any atom is -0.322 e. The second-order valence-electron chi connectivity index (χ2n) is 3.07. The van der Waals surface area contributed by atoms with Crippen LogP contribution in [0, 0.1) is 0 Å². The Hall–Kier alpha value is -1.75. The standard InChI is InChI=1S/C9H11N5/c10-8(9-6-12-14-13-9)4-7-2-1-3-11-5-7/h1-3,5-6,8H,4,10H2,(H,12,13,14). The summed E-state index contributed by atoms with van der Waals surface area (Å²) in [4.78, 5) is 4.02. The summed E-state index contributed by atoms with van der Waals surface area (Å²) in [6.45, 7) is 0. The van der Waals surface area contributed by atoms with Gasteiger partial charge in [0.15, 0.2) is 0 Å². The van der Waals surface area contributed by atoms with Crippen LogP contribution in [0.1, 0.15) is 17.3 Å². The van der Waals surface area contributed by atoms with Gasteiger partial charge >= 0.3 is 0 Å². The van der Waals surface area contributed by atoms with E-state index in [1.165, 1.54) is 0 Å². The first-order valence-corrected chi connectivity index (χ1v) is 4.36. The third kappa shape index (κ3) is 1.94. The van der Waals surface area contributed by atoms with Crippen molar-refractivity contribution in [1.29, 1.82) is 0 Å². The summed E-state index contributed by atoms with van der Waals surface area (Å²) >= 11 is 0. The average molecular weight is 189 g/mol.